The number of amides is 1. The number of nitrogens with one attached hydrogen (secondary N) is 2. The molecular formula is C24H18F2N4O3. The molecule has 7 nitrogen and oxygen atoms in total. The molecule has 1 amide bonds. The number of aromatic nitrogens is 2. The summed E-state index contributed by atoms with van der Waals surface area (Å²) in [5.41, 5.74) is 1.59. The Morgan fingerprint density at radius 2 is 1.64 bits per heavy atom. The average molecular weight is 448 g/mol. The summed E-state index contributed by atoms with van der Waals surface area (Å²) in [5.74, 6) is 3.30. The minimum absolute atomic E-state index is 0.0163. The molecule has 0 bridgehead atoms. The Balaban J connectivity index is 1.80. The van der Waals surface area contributed by atoms with Crippen molar-refractivity contribution in [2.24, 2.45) is 0 Å². The second-order valence-corrected chi connectivity index (χ2v) is 6.99. The Morgan fingerprint density at radius 1 is 1.06 bits per heavy atom. The van der Waals surface area contributed by atoms with Crippen molar-refractivity contribution in [2.45, 2.75) is 18.8 Å². The predicted molar refractivity (Wildman–Crippen MR) is 116 cm³/mol. The number of carbonyl (C=O) groups is 1. The Morgan fingerprint density at radius 3 is 2.21 bits per heavy atom. The first-order valence-corrected chi connectivity index (χ1v) is 9.81. The highest BCUT2D eigenvalue weighted by Crippen LogP contribution is 2.24. The summed E-state index contributed by atoms with van der Waals surface area (Å²) >= 11 is 0. The molecule has 0 radical (unpaired) electrons. The molecule has 0 saturated heterocycles. The van der Waals surface area contributed by atoms with E-state index in [4.69, 9.17) is 5.26 Å². The molecule has 0 saturated carbocycles. The summed E-state index contributed by atoms with van der Waals surface area (Å²) < 4.78 is 25.1. The van der Waals surface area contributed by atoms with Gasteiger partial charge in [0.25, 0.3) is 12.0 Å². The summed E-state index contributed by atoms with van der Waals surface area (Å²) in [4.78, 5) is 30.3. The normalized spacial score (nSPS) is 11.2. The number of hydrogen-bond donors (Lipinski definition) is 3. The van der Waals surface area contributed by atoms with Crippen LogP contribution in [0, 0.1) is 23.2 Å². The van der Waals surface area contributed by atoms with Crippen LogP contribution < -0.4 is 10.9 Å². The Bertz CT molecular complexity index is 1280. The van der Waals surface area contributed by atoms with Crippen LogP contribution in [0.4, 0.5) is 8.78 Å². The molecule has 33 heavy (non-hydrogen) atoms. The van der Waals surface area contributed by atoms with Crippen LogP contribution in [-0.4, -0.2) is 34.0 Å². The molecule has 1 unspecified atom stereocenters. The van der Waals surface area contributed by atoms with Crippen LogP contribution >= 0.6 is 0 Å². The van der Waals surface area contributed by atoms with E-state index >= 15 is 0 Å². The third-order valence-corrected chi connectivity index (χ3v) is 4.69. The van der Waals surface area contributed by atoms with Gasteiger partial charge in [-0.15, -0.1) is 0 Å². The lowest BCUT2D eigenvalue weighted by molar-refractivity contribution is -0.123. The van der Waals surface area contributed by atoms with Crippen molar-refractivity contribution < 1.29 is 18.7 Å². The fraction of sp³-hybridized carbons (Fsp3) is 0.167. The molecule has 3 rings (SSSR count). The topological polar surface area (TPSA) is 119 Å². The highest BCUT2D eigenvalue weighted by Gasteiger charge is 2.27. The number of nitriles is 1. The van der Waals surface area contributed by atoms with E-state index < -0.39 is 36.1 Å². The highest BCUT2D eigenvalue weighted by molar-refractivity contribution is 5.84. The van der Waals surface area contributed by atoms with Gasteiger partial charge in [-0.05, 0) is 48.4 Å². The molecule has 1 aromatic heterocycles. The van der Waals surface area contributed by atoms with Crippen LogP contribution in [0.5, 0.6) is 5.75 Å². The van der Waals surface area contributed by atoms with E-state index in [0.717, 1.165) is 11.9 Å². The largest absolute Gasteiger partial charge is 0.502 e. The number of nitrogens with zero attached hydrogens (tertiary/aromatic N) is 2. The number of aromatic hydroxyl groups is 1. The van der Waals surface area contributed by atoms with Gasteiger partial charge < -0.3 is 15.4 Å². The van der Waals surface area contributed by atoms with Crippen molar-refractivity contribution >= 4 is 5.91 Å². The number of hydrogen-bond acceptors (Lipinski definition) is 5. The lowest BCUT2D eigenvalue weighted by Crippen LogP contribution is -2.34. The van der Waals surface area contributed by atoms with Gasteiger partial charge in [0.05, 0.1) is 30.4 Å². The summed E-state index contributed by atoms with van der Waals surface area (Å²) in [7, 11) is 0. The van der Waals surface area contributed by atoms with Gasteiger partial charge in [0.2, 0.25) is 11.7 Å². The van der Waals surface area contributed by atoms with Crippen molar-refractivity contribution in [1.29, 1.82) is 5.26 Å². The number of aromatic amines is 1. The van der Waals surface area contributed by atoms with Crippen LogP contribution in [0.1, 0.15) is 33.9 Å². The maximum atomic E-state index is 12.5. The molecule has 3 N–H and O–H groups in total. The zero-order valence-electron chi connectivity index (χ0n) is 17.2. The van der Waals surface area contributed by atoms with Crippen LogP contribution in [0.3, 0.4) is 0 Å². The third-order valence-electron chi connectivity index (χ3n) is 4.69. The van der Waals surface area contributed by atoms with Crippen LogP contribution in [-0.2, 0) is 11.2 Å². The lowest BCUT2D eigenvalue weighted by atomic mass is 9.94. The fourth-order valence-electron chi connectivity index (χ4n) is 3.01. The second kappa shape index (κ2) is 10.7. The van der Waals surface area contributed by atoms with Crippen LogP contribution in [0.25, 0.3) is 0 Å². The number of benzene rings is 2. The van der Waals surface area contributed by atoms with Crippen molar-refractivity contribution in [1.82, 2.24) is 15.3 Å². The lowest BCUT2D eigenvalue weighted by Gasteiger charge is -2.17. The molecule has 3 aromatic rings. The van der Waals surface area contributed by atoms with Crippen molar-refractivity contribution in [2.75, 3.05) is 6.54 Å². The van der Waals surface area contributed by atoms with Gasteiger partial charge in [0, 0.05) is 11.1 Å². The maximum Gasteiger partial charge on any atom is 0.293 e. The molecule has 0 aliphatic rings. The number of carbonyl (C=O) groups excluding carboxylic acids is 1. The zero-order valence-corrected chi connectivity index (χ0v) is 17.2. The second-order valence-electron chi connectivity index (χ2n) is 6.99. The molecule has 2 aromatic carbocycles. The quantitative estimate of drug-likeness (QED) is 0.501. The summed E-state index contributed by atoms with van der Waals surface area (Å²) in [6, 6.07) is 15.7. The summed E-state index contributed by atoms with van der Waals surface area (Å²) in [6.45, 7) is -0.858. The van der Waals surface area contributed by atoms with Crippen LogP contribution in [0.15, 0.2) is 59.7 Å². The SMILES string of the molecule is N#Cc1ccc(C#Cc2ccc(CC(C(=O)NCC(F)F)c3nc[nH]c(=O)c3O)cc2)cc1. The Kier molecular flexibility index (Phi) is 7.51. The predicted octanol–water partition coefficient (Wildman–Crippen LogP) is 2.45. The Labute approximate surface area is 187 Å². The van der Waals surface area contributed by atoms with Gasteiger partial charge in [0.1, 0.15) is 5.69 Å². The van der Waals surface area contributed by atoms with Crippen molar-refractivity contribution in [3.8, 4) is 23.7 Å². The standard InChI is InChI=1S/C24H18F2N4O3/c25-20(26)13-28-23(32)19(21-22(31)24(33)30-14-29-21)11-17-7-3-15(4-8-17)1-2-16-5-9-18(12-27)10-6-16/h3-10,14,19-20,31H,11,13H2,(H,28,32)(H,29,30,33). The number of halogens is 2. The molecule has 166 valence electrons. The smallest absolute Gasteiger partial charge is 0.293 e. The molecule has 1 atom stereocenters. The number of rotatable bonds is 6. The molecule has 0 aliphatic carbocycles. The molecule has 0 spiro atoms. The van der Waals surface area contributed by atoms with Gasteiger partial charge in [-0.2, -0.15) is 5.26 Å². The minimum atomic E-state index is -2.75. The van der Waals surface area contributed by atoms with Gasteiger partial charge in [-0.25, -0.2) is 13.8 Å². The van der Waals surface area contributed by atoms with Gasteiger partial charge >= 0.3 is 0 Å². The first-order chi connectivity index (χ1) is 15.9. The number of alkyl halides is 2. The fourth-order valence-corrected chi connectivity index (χ4v) is 3.01. The van der Waals surface area contributed by atoms with Gasteiger partial charge in [-0.3, -0.25) is 9.59 Å². The average Bonchev–Trinajstić information content (AvgIpc) is 2.82. The van der Waals surface area contributed by atoms with E-state index in [9.17, 15) is 23.5 Å². The van der Waals surface area contributed by atoms with E-state index in [-0.39, 0.29) is 12.1 Å². The van der Waals surface area contributed by atoms with E-state index in [1.807, 2.05) is 6.07 Å². The summed E-state index contributed by atoms with van der Waals surface area (Å²) in [6.07, 6.45) is -1.70. The Hall–Kier alpha value is -4.50. The van der Waals surface area contributed by atoms with Gasteiger partial charge in [-0.1, -0.05) is 24.0 Å². The van der Waals surface area contributed by atoms with Crippen molar-refractivity contribution in [3.63, 3.8) is 0 Å². The van der Waals surface area contributed by atoms with E-state index in [0.29, 0.717) is 16.7 Å². The number of H-pyrrole nitrogens is 1. The van der Waals surface area contributed by atoms with E-state index in [1.54, 1.807) is 48.5 Å². The zero-order chi connectivity index (χ0) is 23.8. The molecular weight excluding hydrogens is 430 g/mol. The van der Waals surface area contributed by atoms with Crippen molar-refractivity contribution in [3.05, 3.63) is 93.2 Å². The molecule has 0 aliphatic heterocycles. The molecule has 9 heteroatoms. The highest BCUT2D eigenvalue weighted by atomic mass is 19.3. The third kappa shape index (κ3) is 6.25. The van der Waals surface area contributed by atoms with Gasteiger partial charge in [0.15, 0.2) is 0 Å². The minimum Gasteiger partial charge on any atom is -0.502 e. The molecule has 0 fully saturated rings. The first kappa shape index (κ1) is 23.2. The monoisotopic (exact) mass is 448 g/mol. The maximum absolute atomic E-state index is 12.5. The molecule has 1 heterocycles. The van der Waals surface area contributed by atoms with E-state index in [1.165, 1.54) is 0 Å². The van der Waals surface area contributed by atoms with Crippen LogP contribution in [0.2, 0.25) is 0 Å². The van der Waals surface area contributed by atoms with E-state index in [2.05, 4.69) is 27.1 Å². The first-order valence-electron chi connectivity index (χ1n) is 9.81. The summed E-state index contributed by atoms with van der Waals surface area (Å²) in [5, 5.41) is 21.0.